The Balaban J connectivity index is 1.14. The summed E-state index contributed by atoms with van der Waals surface area (Å²) in [4.78, 5) is 15.1. The molecule has 2 heterocycles. The highest BCUT2D eigenvalue weighted by molar-refractivity contribution is 5.97. The van der Waals surface area contributed by atoms with Crippen LogP contribution in [0.15, 0.2) is 182 Å². The van der Waals surface area contributed by atoms with E-state index < -0.39 is 0 Å². The first-order valence-electron chi connectivity index (χ1n) is 18.4. The fraction of sp³-hybridized carbons (Fsp3) is 0.0600. The summed E-state index contributed by atoms with van der Waals surface area (Å²) in [6, 6.07) is 54.9. The van der Waals surface area contributed by atoms with Gasteiger partial charge in [-0.3, -0.25) is 4.98 Å². The van der Waals surface area contributed by atoms with Gasteiger partial charge in [0.05, 0.1) is 16.8 Å². The molecule has 1 unspecified atom stereocenters. The highest BCUT2D eigenvalue weighted by Crippen LogP contribution is 2.63. The first kappa shape index (κ1) is 30.0. The number of hydrogen-bond donors (Lipinski definition) is 0. The van der Waals surface area contributed by atoms with E-state index in [9.17, 15) is 0 Å². The van der Waals surface area contributed by atoms with Gasteiger partial charge >= 0.3 is 0 Å². The quantitative estimate of drug-likeness (QED) is 0.186. The van der Waals surface area contributed by atoms with Crippen LogP contribution in [-0.2, 0) is 5.41 Å². The molecule has 3 heteroatoms. The van der Waals surface area contributed by atoms with Crippen molar-refractivity contribution in [3.8, 4) is 56.2 Å². The average Bonchev–Trinajstić information content (AvgIpc) is 3.71. The van der Waals surface area contributed by atoms with E-state index in [1.54, 1.807) is 0 Å². The van der Waals surface area contributed by atoms with Crippen molar-refractivity contribution in [3.63, 3.8) is 0 Å². The van der Waals surface area contributed by atoms with Gasteiger partial charge in [-0.15, -0.1) is 0 Å². The minimum absolute atomic E-state index is 0.387. The molecule has 8 aromatic rings. The zero-order chi connectivity index (χ0) is 34.9. The minimum atomic E-state index is -0.387. The van der Waals surface area contributed by atoms with Gasteiger partial charge in [0.15, 0.2) is 5.82 Å². The highest BCUT2D eigenvalue weighted by atomic mass is 14.9. The zero-order valence-electron chi connectivity index (χ0n) is 29.0. The van der Waals surface area contributed by atoms with E-state index in [1.807, 2.05) is 18.5 Å². The van der Waals surface area contributed by atoms with E-state index in [1.165, 1.54) is 55.3 Å². The topological polar surface area (TPSA) is 38.7 Å². The highest BCUT2D eigenvalue weighted by Gasteiger charge is 2.52. The Kier molecular flexibility index (Phi) is 6.59. The van der Waals surface area contributed by atoms with Crippen molar-refractivity contribution >= 4 is 16.3 Å². The number of pyridine rings is 1. The largest absolute Gasteiger partial charge is 0.264 e. The third-order valence-corrected chi connectivity index (χ3v) is 11.5. The molecule has 53 heavy (non-hydrogen) atoms. The molecular weight excluding hydrogens is 643 g/mol. The maximum atomic E-state index is 5.36. The van der Waals surface area contributed by atoms with E-state index >= 15 is 0 Å². The summed E-state index contributed by atoms with van der Waals surface area (Å²) in [6.07, 6.45) is 10.6. The molecule has 1 spiro atoms. The van der Waals surface area contributed by atoms with Crippen molar-refractivity contribution in [2.45, 2.75) is 18.3 Å². The van der Waals surface area contributed by atoms with E-state index in [0.717, 1.165) is 52.0 Å². The van der Waals surface area contributed by atoms with Gasteiger partial charge in [-0.1, -0.05) is 133 Å². The van der Waals surface area contributed by atoms with Crippen molar-refractivity contribution in [2.75, 3.05) is 0 Å². The van der Waals surface area contributed by atoms with Gasteiger partial charge in [0.25, 0.3) is 0 Å². The van der Waals surface area contributed by atoms with Crippen molar-refractivity contribution in [1.82, 2.24) is 15.0 Å². The summed E-state index contributed by atoms with van der Waals surface area (Å²) in [6.45, 7) is 0. The second-order valence-electron chi connectivity index (χ2n) is 14.3. The first-order chi connectivity index (χ1) is 26.3. The lowest BCUT2D eigenvalue weighted by Crippen LogP contribution is -2.27. The van der Waals surface area contributed by atoms with Crippen LogP contribution in [0.25, 0.3) is 72.5 Å². The molecule has 0 N–H and O–H groups in total. The number of hydrogen-bond acceptors (Lipinski definition) is 3. The lowest BCUT2D eigenvalue weighted by atomic mass is 9.69. The summed E-state index contributed by atoms with van der Waals surface area (Å²) in [7, 11) is 0. The van der Waals surface area contributed by atoms with Gasteiger partial charge in [-0.2, -0.15) is 0 Å². The Morgan fingerprint density at radius 3 is 2.02 bits per heavy atom. The Morgan fingerprint density at radius 2 is 1.17 bits per heavy atom. The standard InChI is InChI=1S/C50H33N3/c1-2-12-33-27-36(23-22-32(33)11-1)48-30-47(35-14-9-13-34(28-35)38-15-10-26-51-31-38)52-49(53-48)37-24-25-42-41-18-5-8-21-45(41)50(46(42)29-37)43-19-6-3-16-39(43)40-17-4-7-20-44(40)50/h1-3,5-16,18-31H,4,17H2. The van der Waals surface area contributed by atoms with Crippen molar-refractivity contribution in [1.29, 1.82) is 0 Å². The Morgan fingerprint density at radius 1 is 0.472 bits per heavy atom. The van der Waals surface area contributed by atoms with Crippen LogP contribution in [0.4, 0.5) is 0 Å². The predicted molar refractivity (Wildman–Crippen MR) is 216 cm³/mol. The third kappa shape index (κ3) is 4.50. The second kappa shape index (κ2) is 11.7. The van der Waals surface area contributed by atoms with Crippen LogP contribution in [0, 0.1) is 0 Å². The monoisotopic (exact) mass is 675 g/mol. The number of aromatic nitrogens is 3. The Bertz CT molecular complexity index is 2850. The van der Waals surface area contributed by atoms with Crippen LogP contribution in [0.3, 0.4) is 0 Å². The molecule has 3 aliphatic carbocycles. The predicted octanol–water partition coefficient (Wildman–Crippen LogP) is 12.1. The minimum Gasteiger partial charge on any atom is -0.264 e. The second-order valence-corrected chi connectivity index (χ2v) is 14.3. The number of allylic oxidation sites excluding steroid dienone is 4. The van der Waals surface area contributed by atoms with Gasteiger partial charge < -0.3 is 0 Å². The lowest BCUT2D eigenvalue weighted by Gasteiger charge is -2.32. The molecule has 1 atom stereocenters. The molecular formula is C50H33N3. The lowest BCUT2D eigenvalue weighted by molar-refractivity contribution is 0.780. The smallest absolute Gasteiger partial charge is 0.160 e. The van der Waals surface area contributed by atoms with Crippen molar-refractivity contribution < 1.29 is 0 Å². The SMILES string of the molecule is C1=CC2=C(CC1)c1ccccc1C21c2ccccc2-c2ccc(-c3nc(-c4cccc(-c5cccnc5)c4)cc(-c4ccc5ccccc5c4)n3)cc21. The fourth-order valence-corrected chi connectivity index (χ4v) is 9.12. The molecule has 0 aliphatic heterocycles. The maximum absolute atomic E-state index is 5.36. The summed E-state index contributed by atoms with van der Waals surface area (Å²) in [5.41, 5.74) is 17.6. The summed E-state index contributed by atoms with van der Waals surface area (Å²) in [5.74, 6) is 0.714. The normalized spacial score (nSPS) is 16.5. The van der Waals surface area contributed by atoms with E-state index in [-0.39, 0.29) is 5.41 Å². The molecule has 0 fully saturated rings. The Labute approximate surface area is 308 Å². The van der Waals surface area contributed by atoms with Crippen LogP contribution in [0.1, 0.15) is 35.1 Å². The van der Waals surface area contributed by atoms with Crippen LogP contribution in [-0.4, -0.2) is 15.0 Å². The number of fused-ring (bicyclic) bond motifs is 10. The molecule has 0 saturated carbocycles. The molecule has 6 aromatic carbocycles. The number of benzene rings is 6. The van der Waals surface area contributed by atoms with Gasteiger partial charge in [0.1, 0.15) is 0 Å². The van der Waals surface area contributed by atoms with Crippen molar-refractivity contribution in [2.24, 2.45) is 0 Å². The fourth-order valence-electron chi connectivity index (χ4n) is 9.12. The van der Waals surface area contributed by atoms with E-state index in [2.05, 4.69) is 163 Å². The maximum Gasteiger partial charge on any atom is 0.160 e. The molecule has 0 saturated heterocycles. The van der Waals surface area contributed by atoms with Gasteiger partial charge in [0.2, 0.25) is 0 Å². The summed E-state index contributed by atoms with van der Waals surface area (Å²) < 4.78 is 0. The van der Waals surface area contributed by atoms with Crippen LogP contribution in [0.5, 0.6) is 0 Å². The summed E-state index contributed by atoms with van der Waals surface area (Å²) >= 11 is 0. The zero-order valence-corrected chi connectivity index (χ0v) is 29.0. The number of nitrogens with zero attached hydrogens (tertiary/aromatic N) is 3. The van der Waals surface area contributed by atoms with Gasteiger partial charge in [0, 0.05) is 34.6 Å². The van der Waals surface area contributed by atoms with Crippen LogP contribution < -0.4 is 0 Å². The van der Waals surface area contributed by atoms with Crippen LogP contribution in [0.2, 0.25) is 0 Å². The molecule has 3 aliphatic rings. The van der Waals surface area contributed by atoms with Crippen LogP contribution >= 0.6 is 0 Å². The van der Waals surface area contributed by atoms with Gasteiger partial charge in [-0.05, 0) is 104 Å². The molecule has 2 aromatic heterocycles. The summed E-state index contributed by atoms with van der Waals surface area (Å²) in [5, 5.41) is 2.40. The van der Waals surface area contributed by atoms with E-state index in [4.69, 9.17) is 9.97 Å². The number of rotatable bonds is 4. The molecule has 11 rings (SSSR count). The van der Waals surface area contributed by atoms with Crippen molar-refractivity contribution in [3.05, 3.63) is 204 Å². The average molecular weight is 676 g/mol. The van der Waals surface area contributed by atoms with E-state index in [0.29, 0.717) is 5.82 Å². The molecule has 0 bridgehead atoms. The Hall–Kier alpha value is -6.71. The van der Waals surface area contributed by atoms with Gasteiger partial charge in [-0.25, -0.2) is 9.97 Å². The molecule has 3 nitrogen and oxygen atoms in total. The first-order valence-corrected chi connectivity index (χ1v) is 18.4. The molecule has 0 radical (unpaired) electrons. The third-order valence-electron chi connectivity index (χ3n) is 11.5. The molecule has 248 valence electrons. The molecule has 0 amide bonds.